The van der Waals surface area contributed by atoms with Gasteiger partial charge in [0.25, 0.3) is 0 Å². The molecule has 0 saturated carbocycles. The average Bonchev–Trinajstić information content (AvgIpc) is 2.99. The molecule has 2 aromatic carbocycles. The lowest BCUT2D eigenvalue weighted by atomic mass is 9.55. The number of nitrogen functional groups attached to an aromatic ring is 2. The van der Waals surface area contributed by atoms with E-state index in [2.05, 4.69) is 13.0 Å². The fraction of sp³-hybridized carbons (Fsp3) is 0.280. The van der Waals surface area contributed by atoms with Crippen LogP contribution >= 0.6 is 0 Å². The molecule has 1 fully saturated rings. The van der Waals surface area contributed by atoms with Crippen LogP contribution in [-0.2, 0) is 9.59 Å². The fourth-order valence-corrected chi connectivity index (χ4v) is 5.95. The first-order chi connectivity index (χ1) is 14.5. The van der Waals surface area contributed by atoms with E-state index in [0.717, 1.165) is 28.7 Å². The molecule has 7 rings (SSSR count). The number of nitrogens with two attached hydrogens (primary N) is 2. The molecule has 4 aliphatic carbocycles. The number of hydrogen-bond donors (Lipinski definition) is 2. The molecule has 150 valence electrons. The number of anilines is 2. The first kappa shape index (κ1) is 17.5. The molecule has 30 heavy (non-hydrogen) atoms. The lowest BCUT2D eigenvalue weighted by Gasteiger charge is -2.46. The molecule has 5 aliphatic rings. The van der Waals surface area contributed by atoms with Gasteiger partial charge in [0.05, 0.1) is 11.8 Å². The second kappa shape index (κ2) is 5.85. The molecule has 2 amide bonds. The Morgan fingerprint density at radius 3 is 1.83 bits per heavy atom. The third-order valence-corrected chi connectivity index (χ3v) is 7.23. The fourth-order valence-electron chi connectivity index (χ4n) is 5.95. The maximum absolute atomic E-state index is 13.7. The first-order valence-corrected chi connectivity index (χ1v) is 10.5. The Balaban J connectivity index is 1.55. The second-order valence-electron chi connectivity index (χ2n) is 9.00. The maximum atomic E-state index is 13.7. The molecule has 1 aliphatic heterocycles. The van der Waals surface area contributed by atoms with E-state index in [-0.39, 0.29) is 23.7 Å². The zero-order chi connectivity index (χ0) is 20.7. The quantitative estimate of drug-likeness (QED) is 0.569. The average molecular weight is 397 g/mol. The maximum Gasteiger partial charge on any atom is 0.238 e. The normalized spacial score (nSPS) is 30.8. The number of allylic oxidation sites excluding steroid dienone is 3. The summed E-state index contributed by atoms with van der Waals surface area (Å²) >= 11 is 0. The number of likely N-dealkylation sites (tertiary alicyclic amines) is 1. The van der Waals surface area contributed by atoms with Gasteiger partial charge >= 0.3 is 0 Å². The Bertz CT molecular complexity index is 1120. The van der Waals surface area contributed by atoms with Gasteiger partial charge in [0.1, 0.15) is 0 Å². The van der Waals surface area contributed by atoms with Gasteiger partial charge in [-0.1, -0.05) is 31.2 Å². The lowest BCUT2D eigenvalue weighted by Crippen LogP contribution is -2.41. The Morgan fingerprint density at radius 2 is 1.37 bits per heavy atom. The van der Waals surface area contributed by atoms with Crippen LogP contribution in [0.2, 0.25) is 0 Å². The van der Waals surface area contributed by atoms with Gasteiger partial charge in [0, 0.05) is 28.9 Å². The van der Waals surface area contributed by atoms with Crippen LogP contribution in [0.15, 0.2) is 60.3 Å². The van der Waals surface area contributed by atoms with Crippen LogP contribution in [0.4, 0.5) is 11.4 Å². The highest BCUT2D eigenvalue weighted by Gasteiger charge is 2.62. The molecule has 4 N–H and O–H groups in total. The Kier molecular flexibility index (Phi) is 3.41. The highest BCUT2D eigenvalue weighted by atomic mass is 16.2. The minimum absolute atomic E-state index is 0.0963. The van der Waals surface area contributed by atoms with Gasteiger partial charge < -0.3 is 11.5 Å². The van der Waals surface area contributed by atoms with E-state index < -0.39 is 11.8 Å². The minimum Gasteiger partial charge on any atom is -0.399 e. The molecular weight excluding hydrogens is 374 g/mol. The van der Waals surface area contributed by atoms with E-state index in [9.17, 15) is 9.59 Å². The van der Waals surface area contributed by atoms with Crippen molar-refractivity contribution in [2.75, 3.05) is 11.5 Å². The summed E-state index contributed by atoms with van der Waals surface area (Å²) in [5.74, 6) is -0.935. The monoisotopic (exact) mass is 397 g/mol. The summed E-state index contributed by atoms with van der Waals surface area (Å²) < 4.78 is 0. The Morgan fingerprint density at radius 1 is 0.833 bits per heavy atom. The number of benzene rings is 2. The predicted octanol–water partition coefficient (Wildman–Crippen LogP) is 3.52. The van der Waals surface area contributed by atoms with Gasteiger partial charge in [-0.2, -0.15) is 0 Å². The topological polar surface area (TPSA) is 89.4 Å². The molecule has 2 aromatic rings. The van der Waals surface area contributed by atoms with Gasteiger partial charge in [-0.15, -0.1) is 0 Å². The number of rotatable bonds is 1. The molecule has 5 atom stereocenters. The van der Waals surface area contributed by atoms with Crippen molar-refractivity contribution in [2.24, 2.45) is 17.8 Å². The molecule has 0 spiro atoms. The predicted molar refractivity (Wildman–Crippen MR) is 115 cm³/mol. The van der Waals surface area contributed by atoms with E-state index >= 15 is 0 Å². The number of nitrogens with zero attached hydrogens (tertiary/aromatic N) is 1. The van der Waals surface area contributed by atoms with Gasteiger partial charge in [0.15, 0.2) is 0 Å². The van der Waals surface area contributed by atoms with Crippen molar-refractivity contribution < 1.29 is 9.59 Å². The van der Waals surface area contributed by atoms with Crippen molar-refractivity contribution in [3.05, 3.63) is 82.6 Å². The van der Waals surface area contributed by atoms with Crippen molar-refractivity contribution in [3.63, 3.8) is 0 Å². The van der Waals surface area contributed by atoms with E-state index in [1.807, 2.05) is 48.6 Å². The van der Waals surface area contributed by atoms with E-state index in [4.69, 9.17) is 11.5 Å². The van der Waals surface area contributed by atoms with Gasteiger partial charge in [0.2, 0.25) is 11.8 Å². The number of carbonyl (C=O) groups excluding carboxylic acids is 2. The van der Waals surface area contributed by atoms with Crippen LogP contribution in [0.1, 0.15) is 47.4 Å². The second-order valence-corrected chi connectivity index (χ2v) is 9.00. The largest absolute Gasteiger partial charge is 0.399 e. The van der Waals surface area contributed by atoms with Gasteiger partial charge in [-0.3, -0.25) is 14.5 Å². The third-order valence-electron chi connectivity index (χ3n) is 7.23. The third kappa shape index (κ3) is 2.12. The molecule has 5 unspecified atom stereocenters. The summed E-state index contributed by atoms with van der Waals surface area (Å²) in [5.41, 5.74) is 18.6. The minimum atomic E-state index is -0.401. The molecule has 5 nitrogen and oxygen atoms in total. The van der Waals surface area contributed by atoms with Gasteiger partial charge in [-0.05, 0) is 64.9 Å². The van der Waals surface area contributed by atoms with Crippen LogP contribution in [0.5, 0.6) is 0 Å². The summed E-state index contributed by atoms with van der Waals surface area (Å²) in [5, 5.41) is 0. The molecular formula is C25H23N3O2. The van der Waals surface area contributed by atoms with Crippen molar-refractivity contribution in [1.29, 1.82) is 0 Å². The zero-order valence-corrected chi connectivity index (χ0v) is 16.7. The Hall–Kier alpha value is -3.34. The van der Waals surface area contributed by atoms with E-state index in [0.29, 0.717) is 23.0 Å². The van der Waals surface area contributed by atoms with Crippen molar-refractivity contribution in [1.82, 2.24) is 4.90 Å². The molecule has 1 heterocycles. The summed E-state index contributed by atoms with van der Waals surface area (Å²) in [6.07, 6.45) is 6.82. The van der Waals surface area contributed by atoms with Gasteiger partial charge in [-0.25, -0.2) is 0 Å². The standard InChI is InChI=1S/C25H23N3O2/c1-12-2-6-15(7-3-12)28-24(29)22-20-16-8-4-13(26)10-18(16)21(23(22)25(28)30)17-9-5-14(27)11-19(17)20/h2,4-12,20-23H,3,26-27H2,1H3. The van der Waals surface area contributed by atoms with E-state index in [1.165, 1.54) is 4.90 Å². The van der Waals surface area contributed by atoms with Crippen molar-refractivity contribution >= 4 is 23.2 Å². The van der Waals surface area contributed by atoms with Crippen LogP contribution in [-0.4, -0.2) is 16.7 Å². The molecule has 2 bridgehead atoms. The molecule has 5 heteroatoms. The summed E-state index contributed by atoms with van der Waals surface area (Å²) in [6.45, 7) is 2.12. The first-order valence-electron chi connectivity index (χ1n) is 10.5. The number of amides is 2. The van der Waals surface area contributed by atoms with Crippen LogP contribution in [0.25, 0.3) is 0 Å². The van der Waals surface area contributed by atoms with Crippen LogP contribution in [0, 0.1) is 17.8 Å². The SMILES string of the molecule is CC1C=CC(N2C(=O)C3C4c5ccc(N)cc5C(c5ccc(N)cc54)C3C2=O)=CC1. The van der Waals surface area contributed by atoms with Crippen LogP contribution in [0.3, 0.4) is 0 Å². The van der Waals surface area contributed by atoms with E-state index in [1.54, 1.807) is 0 Å². The van der Waals surface area contributed by atoms with Crippen LogP contribution < -0.4 is 11.5 Å². The summed E-state index contributed by atoms with van der Waals surface area (Å²) in [4.78, 5) is 28.8. The highest BCUT2D eigenvalue weighted by molar-refractivity contribution is 6.09. The number of carbonyl (C=O) groups is 2. The molecule has 0 aromatic heterocycles. The summed E-state index contributed by atoms with van der Waals surface area (Å²) in [6, 6.07) is 11.8. The van der Waals surface area contributed by atoms with Crippen molar-refractivity contribution in [2.45, 2.75) is 25.2 Å². The molecule has 1 saturated heterocycles. The lowest BCUT2D eigenvalue weighted by molar-refractivity contribution is -0.137. The highest BCUT2D eigenvalue weighted by Crippen LogP contribution is 2.61. The number of imide groups is 1. The van der Waals surface area contributed by atoms with Crippen molar-refractivity contribution in [3.8, 4) is 0 Å². The smallest absolute Gasteiger partial charge is 0.238 e. The zero-order valence-electron chi connectivity index (χ0n) is 16.7. The Labute approximate surface area is 175 Å². The number of hydrogen-bond acceptors (Lipinski definition) is 4. The molecule has 0 radical (unpaired) electrons. The summed E-state index contributed by atoms with van der Waals surface area (Å²) in [7, 11) is 0.